The van der Waals surface area contributed by atoms with Crippen molar-refractivity contribution in [1.82, 2.24) is 19.1 Å². The number of esters is 1. The van der Waals surface area contributed by atoms with Gasteiger partial charge in [-0.3, -0.25) is 14.3 Å². The number of aromatic nitrogens is 4. The average Bonchev–Trinajstić information content (AvgIpc) is 3.24. The maximum Gasteiger partial charge on any atom is 0.338 e. The van der Waals surface area contributed by atoms with Gasteiger partial charge in [-0.15, -0.1) is 0 Å². The maximum atomic E-state index is 12.3. The molecule has 2 N–H and O–H groups in total. The number of nitrogens with one attached hydrogen (secondary N) is 1. The summed E-state index contributed by atoms with van der Waals surface area (Å²) in [5, 5.41) is 10.3. The number of carbonyl (C=O) groups is 1. The number of aromatic amines is 1. The number of unbranched alkanes of at least 4 members (excludes halogenated alkanes) is 1. The molecule has 0 atom stereocenters. The van der Waals surface area contributed by atoms with E-state index in [1.807, 2.05) is 13.8 Å². The Balaban J connectivity index is 1.96. The molecular formula is C18H26N4O5. The van der Waals surface area contributed by atoms with Crippen molar-refractivity contribution in [2.45, 2.75) is 77.7 Å². The number of aryl methyl sites for hydroxylation is 2. The second-order valence-corrected chi connectivity index (χ2v) is 7.02. The molecule has 0 unspecified atom stereocenters. The number of hydrogen-bond acceptors (Lipinski definition) is 6. The molecule has 9 nitrogen and oxygen atoms in total. The lowest BCUT2D eigenvalue weighted by Gasteiger charge is -2.19. The van der Waals surface area contributed by atoms with Gasteiger partial charge in [0.1, 0.15) is 12.4 Å². The second kappa shape index (κ2) is 7.67. The Hall–Kier alpha value is -2.42. The molecule has 1 fully saturated rings. The number of fused-ring (bicyclic) bond motifs is 1. The minimum Gasteiger partial charge on any atom is -0.455 e. The van der Waals surface area contributed by atoms with Crippen LogP contribution in [-0.4, -0.2) is 35.8 Å². The fourth-order valence-corrected chi connectivity index (χ4v) is 3.62. The Bertz CT molecular complexity index is 949. The maximum absolute atomic E-state index is 12.3. The molecule has 27 heavy (non-hydrogen) atoms. The molecule has 148 valence electrons. The van der Waals surface area contributed by atoms with Crippen LogP contribution in [0.3, 0.4) is 0 Å². The van der Waals surface area contributed by atoms with Crippen molar-refractivity contribution in [3.05, 3.63) is 26.7 Å². The Kier molecular flexibility index (Phi) is 5.50. The van der Waals surface area contributed by atoms with E-state index in [4.69, 9.17) is 4.74 Å². The molecule has 1 aliphatic carbocycles. The summed E-state index contributed by atoms with van der Waals surface area (Å²) in [6.07, 6.45) is 4.04. The number of nitrogens with zero attached hydrogens (tertiary/aromatic N) is 3. The molecule has 3 rings (SSSR count). The summed E-state index contributed by atoms with van der Waals surface area (Å²) in [5.74, 6) is -0.282. The Morgan fingerprint density at radius 3 is 2.59 bits per heavy atom. The van der Waals surface area contributed by atoms with Crippen molar-refractivity contribution in [3.63, 3.8) is 0 Å². The third-order valence-electron chi connectivity index (χ3n) is 5.16. The van der Waals surface area contributed by atoms with Crippen LogP contribution >= 0.6 is 0 Å². The number of ether oxygens (including phenoxy) is 1. The third kappa shape index (κ3) is 3.55. The number of rotatable bonds is 7. The normalized spacial score (nSPS) is 16.1. The standard InChI is InChI=1S/C18H26N4O5/c1-3-5-10-22-14-13(15(23)20-17(22)25)21(4-2)12(19-14)11-27-16(24)18(26)8-6-7-9-18/h26H,3-11H2,1-2H3,(H,20,23,25). The fraction of sp³-hybridized carbons (Fsp3) is 0.667. The predicted molar refractivity (Wildman–Crippen MR) is 98.4 cm³/mol. The van der Waals surface area contributed by atoms with Crippen molar-refractivity contribution >= 4 is 17.1 Å². The van der Waals surface area contributed by atoms with Crippen LogP contribution in [0.15, 0.2) is 9.59 Å². The van der Waals surface area contributed by atoms with Gasteiger partial charge in [0.15, 0.2) is 16.8 Å². The summed E-state index contributed by atoms with van der Waals surface area (Å²) in [4.78, 5) is 43.5. The molecule has 0 aromatic carbocycles. The molecule has 0 saturated heterocycles. The summed E-state index contributed by atoms with van der Waals surface area (Å²) in [6, 6.07) is 0. The molecule has 0 spiro atoms. The van der Waals surface area contributed by atoms with Crippen molar-refractivity contribution in [2.24, 2.45) is 0 Å². The summed E-state index contributed by atoms with van der Waals surface area (Å²) in [5.41, 5.74) is -1.85. The van der Waals surface area contributed by atoms with Crippen LogP contribution in [0.5, 0.6) is 0 Å². The first-order valence-electron chi connectivity index (χ1n) is 9.53. The lowest BCUT2D eigenvalue weighted by Crippen LogP contribution is -2.37. The van der Waals surface area contributed by atoms with Gasteiger partial charge in [-0.05, 0) is 39.0 Å². The minimum absolute atomic E-state index is 0.162. The lowest BCUT2D eigenvalue weighted by molar-refractivity contribution is -0.166. The molecule has 1 saturated carbocycles. The highest BCUT2D eigenvalue weighted by Gasteiger charge is 2.40. The van der Waals surface area contributed by atoms with E-state index in [0.717, 1.165) is 25.7 Å². The highest BCUT2D eigenvalue weighted by atomic mass is 16.5. The van der Waals surface area contributed by atoms with Crippen LogP contribution in [0.4, 0.5) is 0 Å². The summed E-state index contributed by atoms with van der Waals surface area (Å²) < 4.78 is 8.39. The van der Waals surface area contributed by atoms with Gasteiger partial charge in [-0.2, -0.15) is 0 Å². The fourth-order valence-electron chi connectivity index (χ4n) is 3.62. The van der Waals surface area contributed by atoms with Crippen LogP contribution in [0.25, 0.3) is 11.2 Å². The third-order valence-corrected chi connectivity index (χ3v) is 5.16. The van der Waals surface area contributed by atoms with E-state index in [-0.39, 0.29) is 6.61 Å². The molecule has 0 radical (unpaired) electrons. The van der Waals surface area contributed by atoms with Crippen molar-refractivity contribution in [1.29, 1.82) is 0 Å². The molecule has 2 aromatic rings. The number of H-pyrrole nitrogens is 1. The van der Waals surface area contributed by atoms with Crippen molar-refractivity contribution < 1.29 is 14.6 Å². The van der Waals surface area contributed by atoms with E-state index in [1.54, 1.807) is 4.57 Å². The monoisotopic (exact) mass is 378 g/mol. The molecule has 9 heteroatoms. The van der Waals surface area contributed by atoms with Gasteiger partial charge in [0, 0.05) is 13.1 Å². The SMILES string of the molecule is CCCCn1c(=O)[nH]c(=O)c2c1nc(COC(=O)C1(O)CCCC1)n2CC. The number of imidazole rings is 1. The molecule has 0 bridgehead atoms. The summed E-state index contributed by atoms with van der Waals surface area (Å²) >= 11 is 0. The van der Waals surface area contributed by atoms with Crippen molar-refractivity contribution in [3.8, 4) is 0 Å². The van der Waals surface area contributed by atoms with Gasteiger partial charge >= 0.3 is 11.7 Å². The van der Waals surface area contributed by atoms with Crippen LogP contribution in [0, 0.1) is 0 Å². The largest absolute Gasteiger partial charge is 0.455 e. The number of carbonyl (C=O) groups excluding carboxylic acids is 1. The highest BCUT2D eigenvalue weighted by molar-refractivity contribution is 5.79. The topological polar surface area (TPSA) is 119 Å². The minimum atomic E-state index is -1.43. The van der Waals surface area contributed by atoms with Gasteiger partial charge in [-0.25, -0.2) is 14.6 Å². The first kappa shape index (κ1) is 19.3. The Labute approximate surface area is 156 Å². The zero-order valence-electron chi connectivity index (χ0n) is 15.8. The zero-order valence-corrected chi connectivity index (χ0v) is 15.8. The van der Waals surface area contributed by atoms with E-state index < -0.39 is 22.8 Å². The summed E-state index contributed by atoms with van der Waals surface area (Å²) in [6.45, 7) is 4.57. The van der Waals surface area contributed by atoms with Gasteiger partial charge in [-0.1, -0.05) is 13.3 Å². The van der Waals surface area contributed by atoms with E-state index in [1.165, 1.54) is 4.57 Å². The van der Waals surface area contributed by atoms with E-state index in [9.17, 15) is 19.5 Å². The van der Waals surface area contributed by atoms with Crippen LogP contribution in [-0.2, 0) is 29.2 Å². The molecule has 2 aromatic heterocycles. The van der Waals surface area contributed by atoms with E-state index in [2.05, 4.69) is 9.97 Å². The van der Waals surface area contributed by atoms with Crippen molar-refractivity contribution in [2.75, 3.05) is 0 Å². The Morgan fingerprint density at radius 1 is 1.26 bits per heavy atom. The molecular weight excluding hydrogens is 352 g/mol. The van der Waals surface area contributed by atoms with Gasteiger partial charge < -0.3 is 14.4 Å². The number of aliphatic hydroxyl groups is 1. The van der Waals surface area contributed by atoms with Crippen LogP contribution in [0.2, 0.25) is 0 Å². The predicted octanol–water partition coefficient (Wildman–Crippen LogP) is 1.05. The molecule has 0 aliphatic heterocycles. The van der Waals surface area contributed by atoms with E-state index >= 15 is 0 Å². The van der Waals surface area contributed by atoms with E-state index in [0.29, 0.717) is 42.9 Å². The van der Waals surface area contributed by atoms with Gasteiger partial charge in [0.2, 0.25) is 0 Å². The second-order valence-electron chi connectivity index (χ2n) is 7.02. The van der Waals surface area contributed by atoms with Crippen LogP contribution in [0.1, 0.15) is 58.2 Å². The average molecular weight is 378 g/mol. The molecule has 1 aliphatic rings. The summed E-state index contributed by atoms with van der Waals surface area (Å²) in [7, 11) is 0. The van der Waals surface area contributed by atoms with Gasteiger partial charge in [0.05, 0.1) is 0 Å². The lowest BCUT2D eigenvalue weighted by atomic mass is 10.0. The first-order valence-corrected chi connectivity index (χ1v) is 9.53. The van der Waals surface area contributed by atoms with Gasteiger partial charge in [0.25, 0.3) is 5.56 Å². The highest BCUT2D eigenvalue weighted by Crippen LogP contribution is 2.30. The molecule has 2 heterocycles. The number of hydrogen-bond donors (Lipinski definition) is 2. The molecule has 0 amide bonds. The quantitative estimate of drug-likeness (QED) is 0.695. The first-order chi connectivity index (χ1) is 12.9. The Morgan fingerprint density at radius 2 is 1.96 bits per heavy atom. The zero-order chi connectivity index (χ0) is 19.6. The smallest absolute Gasteiger partial charge is 0.338 e. The van der Waals surface area contributed by atoms with Crippen LogP contribution < -0.4 is 11.2 Å².